The van der Waals surface area contributed by atoms with Crippen molar-refractivity contribution in [2.75, 3.05) is 0 Å². The fourth-order valence-electron chi connectivity index (χ4n) is 2.07. The Kier molecular flexibility index (Phi) is 1.27. The topological polar surface area (TPSA) is 38.4 Å². The van der Waals surface area contributed by atoms with Crippen molar-refractivity contribution >= 4 is 22.3 Å². The van der Waals surface area contributed by atoms with Gasteiger partial charge in [0.1, 0.15) is 5.84 Å². The zero-order valence-corrected chi connectivity index (χ0v) is 7.91. The number of amidine groups is 1. The molecule has 0 unspecified atom stereocenters. The van der Waals surface area contributed by atoms with E-state index in [2.05, 4.69) is 30.1 Å². The Labute approximate surface area is 82.1 Å². The van der Waals surface area contributed by atoms with Crippen molar-refractivity contribution in [1.29, 1.82) is 0 Å². The Balaban J connectivity index is 2.60. The Morgan fingerprint density at radius 1 is 1.14 bits per heavy atom. The molecule has 2 N–H and O–H groups in total. The molecule has 2 aromatic carbocycles. The molecule has 0 bridgehead atoms. The molecule has 0 saturated heterocycles. The second-order valence-corrected chi connectivity index (χ2v) is 3.63. The zero-order chi connectivity index (χ0) is 9.71. The highest BCUT2D eigenvalue weighted by molar-refractivity contribution is 6.19. The van der Waals surface area contributed by atoms with Crippen LogP contribution in [0.2, 0.25) is 0 Å². The Bertz CT molecular complexity index is 568. The highest BCUT2D eigenvalue weighted by Gasteiger charge is 2.17. The second kappa shape index (κ2) is 2.35. The second-order valence-electron chi connectivity index (χ2n) is 3.63. The maximum atomic E-state index is 5.89. The molecule has 14 heavy (non-hydrogen) atoms. The summed E-state index contributed by atoms with van der Waals surface area (Å²) in [5.41, 5.74) is 9.20. The van der Waals surface area contributed by atoms with Crippen molar-refractivity contribution in [3.63, 3.8) is 0 Å². The number of hydrogen-bond acceptors (Lipinski definition) is 2. The summed E-state index contributed by atoms with van der Waals surface area (Å²) < 4.78 is 0. The minimum atomic E-state index is 0.648. The molecule has 0 saturated carbocycles. The number of hydrogen-bond donors (Lipinski definition) is 1. The molecule has 2 heteroatoms. The Hall–Kier alpha value is -1.83. The van der Waals surface area contributed by atoms with E-state index in [1.54, 1.807) is 0 Å². The normalized spacial score (nSPS) is 13.4. The first-order chi connectivity index (χ1) is 6.77. The summed E-state index contributed by atoms with van der Waals surface area (Å²) in [7, 11) is 0. The Morgan fingerprint density at radius 3 is 2.86 bits per heavy atom. The Morgan fingerprint density at radius 2 is 2.00 bits per heavy atom. The molecule has 0 spiro atoms. The van der Waals surface area contributed by atoms with Crippen LogP contribution in [0.5, 0.6) is 0 Å². The van der Waals surface area contributed by atoms with Gasteiger partial charge in [-0.3, -0.25) is 0 Å². The summed E-state index contributed by atoms with van der Waals surface area (Å²) in [5, 5.41) is 2.41. The minimum Gasteiger partial charge on any atom is -0.383 e. The molecular weight excluding hydrogens is 172 g/mol. The standard InChI is InChI=1S/C12H10N2/c1-7-5-6-8-3-2-4-9-11(8)10(7)12(13)14-9/h2-6H,1H3,(H2,13,14). The van der Waals surface area contributed by atoms with E-state index in [-0.39, 0.29) is 0 Å². The van der Waals surface area contributed by atoms with E-state index < -0.39 is 0 Å². The maximum Gasteiger partial charge on any atom is 0.132 e. The van der Waals surface area contributed by atoms with Gasteiger partial charge >= 0.3 is 0 Å². The van der Waals surface area contributed by atoms with Gasteiger partial charge in [0.05, 0.1) is 5.69 Å². The number of benzene rings is 2. The van der Waals surface area contributed by atoms with Crippen LogP contribution >= 0.6 is 0 Å². The SMILES string of the molecule is Cc1ccc2cccc3c2c1C(N)=N3. The van der Waals surface area contributed by atoms with E-state index in [4.69, 9.17) is 5.73 Å². The van der Waals surface area contributed by atoms with Gasteiger partial charge < -0.3 is 5.73 Å². The predicted molar refractivity (Wildman–Crippen MR) is 59.1 cm³/mol. The van der Waals surface area contributed by atoms with Gasteiger partial charge in [-0.2, -0.15) is 0 Å². The molecule has 68 valence electrons. The van der Waals surface area contributed by atoms with E-state index in [0.717, 1.165) is 11.3 Å². The highest BCUT2D eigenvalue weighted by atomic mass is 14.9. The van der Waals surface area contributed by atoms with E-state index in [1.807, 2.05) is 12.1 Å². The van der Waals surface area contributed by atoms with Crippen molar-refractivity contribution in [3.8, 4) is 0 Å². The molecule has 0 radical (unpaired) electrons. The van der Waals surface area contributed by atoms with Gasteiger partial charge in [0.25, 0.3) is 0 Å². The van der Waals surface area contributed by atoms with E-state index in [9.17, 15) is 0 Å². The van der Waals surface area contributed by atoms with Crippen LogP contribution in [0.3, 0.4) is 0 Å². The average Bonchev–Trinajstić information content (AvgIpc) is 2.51. The van der Waals surface area contributed by atoms with Crippen molar-refractivity contribution in [1.82, 2.24) is 0 Å². The van der Waals surface area contributed by atoms with Crippen molar-refractivity contribution in [2.45, 2.75) is 6.92 Å². The number of rotatable bonds is 0. The molecule has 0 aromatic heterocycles. The van der Waals surface area contributed by atoms with Crippen LogP contribution in [-0.4, -0.2) is 5.84 Å². The summed E-state index contributed by atoms with van der Waals surface area (Å²) >= 11 is 0. The monoisotopic (exact) mass is 182 g/mol. The quantitative estimate of drug-likeness (QED) is 0.668. The van der Waals surface area contributed by atoms with Crippen LogP contribution in [0.4, 0.5) is 5.69 Å². The maximum absolute atomic E-state index is 5.89. The van der Waals surface area contributed by atoms with Crippen LogP contribution in [0.15, 0.2) is 35.3 Å². The fourth-order valence-corrected chi connectivity index (χ4v) is 2.07. The lowest BCUT2D eigenvalue weighted by Gasteiger charge is -2.04. The van der Waals surface area contributed by atoms with Gasteiger partial charge in [0, 0.05) is 10.9 Å². The third-order valence-corrected chi connectivity index (χ3v) is 2.73. The zero-order valence-electron chi connectivity index (χ0n) is 7.91. The fraction of sp³-hybridized carbons (Fsp3) is 0.0833. The molecule has 1 heterocycles. The van der Waals surface area contributed by atoms with Gasteiger partial charge in [0.2, 0.25) is 0 Å². The molecule has 0 aliphatic carbocycles. The molecule has 3 rings (SSSR count). The average molecular weight is 182 g/mol. The third kappa shape index (κ3) is 0.777. The van der Waals surface area contributed by atoms with Gasteiger partial charge in [-0.15, -0.1) is 0 Å². The first kappa shape index (κ1) is 7.56. The first-order valence-corrected chi connectivity index (χ1v) is 4.64. The molecule has 0 fully saturated rings. The van der Waals surface area contributed by atoms with Crippen molar-refractivity contribution in [2.24, 2.45) is 10.7 Å². The largest absolute Gasteiger partial charge is 0.383 e. The predicted octanol–water partition coefficient (Wildman–Crippen LogP) is 2.50. The number of aryl methyl sites for hydroxylation is 1. The smallest absolute Gasteiger partial charge is 0.132 e. The van der Waals surface area contributed by atoms with Gasteiger partial charge in [0.15, 0.2) is 0 Å². The van der Waals surface area contributed by atoms with E-state index in [1.165, 1.54) is 16.3 Å². The summed E-state index contributed by atoms with van der Waals surface area (Å²) in [5.74, 6) is 0.648. The molecule has 0 atom stereocenters. The number of aliphatic imine (C=N–C) groups is 1. The summed E-state index contributed by atoms with van der Waals surface area (Å²) in [4.78, 5) is 4.35. The van der Waals surface area contributed by atoms with Crippen molar-refractivity contribution < 1.29 is 0 Å². The van der Waals surface area contributed by atoms with Crippen LogP contribution in [0, 0.1) is 6.92 Å². The third-order valence-electron chi connectivity index (χ3n) is 2.73. The van der Waals surface area contributed by atoms with Gasteiger partial charge in [-0.25, -0.2) is 4.99 Å². The van der Waals surface area contributed by atoms with Crippen molar-refractivity contribution in [3.05, 3.63) is 41.5 Å². The van der Waals surface area contributed by atoms with Gasteiger partial charge in [-0.1, -0.05) is 24.3 Å². The van der Waals surface area contributed by atoms with Crippen LogP contribution in [0.25, 0.3) is 10.8 Å². The molecule has 2 aromatic rings. The molecule has 2 nitrogen and oxygen atoms in total. The van der Waals surface area contributed by atoms with E-state index in [0.29, 0.717) is 5.84 Å². The molecule has 0 amide bonds. The lowest BCUT2D eigenvalue weighted by atomic mass is 10.00. The van der Waals surface area contributed by atoms with Gasteiger partial charge in [-0.05, 0) is 23.9 Å². The molecule has 1 aliphatic rings. The number of nitrogens with zero attached hydrogens (tertiary/aromatic N) is 1. The van der Waals surface area contributed by atoms with Crippen LogP contribution < -0.4 is 5.73 Å². The highest BCUT2D eigenvalue weighted by Crippen LogP contribution is 2.35. The van der Waals surface area contributed by atoms with E-state index >= 15 is 0 Å². The summed E-state index contributed by atoms with van der Waals surface area (Å²) in [6, 6.07) is 10.3. The molecular formula is C12H10N2. The lowest BCUT2D eigenvalue weighted by Crippen LogP contribution is -2.11. The molecule has 1 aliphatic heterocycles. The lowest BCUT2D eigenvalue weighted by molar-refractivity contribution is 1.47. The van der Waals surface area contributed by atoms with Crippen LogP contribution in [0.1, 0.15) is 11.1 Å². The minimum absolute atomic E-state index is 0.648. The number of nitrogens with two attached hydrogens (primary N) is 1. The van der Waals surface area contributed by atoms with Crippen LogP contribution in [-0.2, 0) is 0 Å². The summed E-state index contributed by atoms with van der Waals surface area (Å²) in [6.07, 6.45) is 0. The summed E-state index contributed by atoms with van der Waals surface area (Å²) in [6.45, 7) is 2.07. The first-order valence-electron chi connectivity index (χ1n) is 4.64.